The Balaban J connectivity index is 0.00000264. The van der Waals surface area contributed by atoms with Crippen LogP contribution in [0.1, 0.15) is 35.3 Å². The van der Waals surface area contributed by atoms with Gasteiger partial charge in [0.25, 0.3) is 0 Å². The molecule has 0 heterocycles. The smallest absolute Gasteiger partial charge is 0.338 e. The Hall–Kier alpha value is -1.84. The lowest BCUT2D eigenvalue weighted by Crippen LogP contribution is -2.23. The zero-order valence-corrected chi connectivity index (χ0v) is 14.5. The van der Waals surface area contributed by atoms with Crippen LogP contribution in [-0.2, 0) is 17.9 Å². The van der Waals surface area contributed by atoms with Gasteiger partial charge in [-0.2, -0.15) is 0 Å². The van der Waals surface area contributed by atoms with E-state index in [4.69, 9.17) is 4.74 Å². The minimum Gasteiger partial charge on any atom is -0.457 e. The molecule has 23 heavy (non-hydrogen) atoms. The molecule has 124 valence electrons. The monoisotopic (exact) mass is 333 g/mol. The molecule has 0 saturated carbocycles. The topological polar surface area (TPSA) is 29.5 Å². The minimum atomic E-state index is -0.279. The van der Waals surface area contributed by atoms with Crippen molar-refractivity contribution in [3.8, 4) is 0 Å². The Kier molecular flexibility index (Phi) is 8.38. The number of benzene rings is 2. The number of halogens is 1. The van der Waals surface area contributed by atoms with Crippen LogP contribution in [0, 0.1) is 0 Å². The molecule has 0 aliphatic rings. The molecule has 0 aliphatic carbocycles. The molecule has 0 saturated heterocycles. The molecule has 2 aromatic carbocycles. The molecular formula is C19H24ClNO2. The van der Waals surface area contributed by atoms with E-state index in [0.717, 1.165) is 25.2 Å². The van der Waals surface area contributed by atoms with Gasteiger partial charge in [0.15, 0.2) is 0 Å². The van der Waals surface area contributed by atoms with Crippen LogP contribution in [0.25, 0.3) is 0 Å². The molecule has 0 unspecified atom stereocenters. The highest BCUT2D eigenvalue weighted by Crippen LogP contribution is 2.14. The van der Waals surface area contributed by atoms with Gasteiger partial charge in [-0.3, -0.25) is 4.90 Å². The van der Waals surface area contributed by atoms with Gasteiger partial charge in [0.1, 0.15) is 6.61 Å². The maximum atomic E-state index is 12.0. The molecule has 0 fully saturated rings. The van der Waals surface area contributed by atoms with E-state index in [1.165, 1.54) is 5.56 Å². The average molecular weight is 334 g/mol. The summed E-state index contributed by atoms with van der Waals surface area (Å²) in [7, 11) is 0. The van der Waals surface area contributed by atoms with Gasteiger partial charge in [-0.1, -0.05) is 56.3 Å². The third-order valence-electron chi connectivity index (χ3n) is 3.78. The Morgan fingerprint density at radius 1 is 0.913 bits per heavy atom. The van der Waals surface area contributed by atoms with Crippen LogP contribution in [0.15, 0.2) is 54.6 Å². The Labute approximate surface area is 144 Å². The van der Waals surface area contributed by atoms with Crippen molar-refractivity contribution in [3.63, 3.8) is 0 Å². The van der Waals surface area contributed by atoms with Gasteiger partial charge < -0.3 is 4.74 Å². The summed E-state index contributed by atoms with van der Waals surface area (Å²) in [6.45, 7) is 7.52. The predicted molar refractivity (Wildman–Crippen MR) is 95.9 cm³/mol. The first-order valence-corrected chi connectivity index (χ1v) is 7.75. The van der Waals surface area contributed by atoms with E-state index in [1.807, 2.05) is 36.4 Å². The van der Waals surface area contributed by atoms with Crippen LogP contribution in [0.5, 0.6) is 0 Å². The fraction of sp³-hybridized carbons (Fsp3) is 0.316. The lowest BCUT2D eigenvalue weighted by atomic mass is 10.1. The van der Waals surface area contributed by atoms with Crippen LogP contribution < -0.4 is 0 Å². The van der Waals surface area contributed by atoms with Gasteiger partial charge in [-0.25, -0.2) is 4.79 Å². The molecule has 0 bridgehead atoms. The van der Waals surface area contributed by atoms with Crippen LogP contribution in [-0.4, -0.2) is 24.0 Å². The minimum absolute atomic E-state index is 0. The number of carbonyl (C=O) groups is 1. The molecule has 0 atom stereocenters. The number of carbonyl (C=O) groups excluding carboxylic acids is 1. The van der Waals surface area contributed by atoms with E-state index in [2.05, 4.69) is 24.8 Å². The van der Waals surface area contributed by atoms with E-state index in [9.17, 15) is 4.79 Å². The van der Waals surface area contributed by atoms with E-state index in [-0.39, 0.29) is 18.4 Å². The largest absolute Gasteiger partial charge is 0.457 e. The van der Waals surface area contributed by atoms with Gasteiger partial charge in [0.05, 0.1) is 5.56 Å². The quantitative estimate of drug-likeness (QED) is 0.707. The first-order chi connectivity index (χ1) is 10.7. The molecular weight excluding hydrogens is 310 g/mol. The van der Waals surface area contributed by atoms with Gasteiger partial charge in [-0.15, -0.1) is 12.4 Å². The zero-order valence-electron chi connectivity index (χ0n) is 13.7. The average Bonchev–Trinajstić information content (AvgIpc) is 2.59. The third-order valence-corrected chi connectivity index (χ3v) is 3.78. The first kappa shape index (κ1) is 19.2. The lowest BCUT2D eigenvalue weighted by Gasteiger charge is -2.20. The summed E-state index contributed by atoms with van der Waals surface area (Å²) in [5.41, 5.74) is 2.87. The number of hydrogen-bond donors (Lipinski definition) is 0. The predicted octanol–water partition coefficient (Wildman–Crippen LogP) is 4.31. The summed E-state index contributed by atoms with van der Waals surface area (Å²) in [4.78, 5) is 14.4. The summed E-state index contributed by atoms with van der Waals surface area (Å²) in [6.07, 6.45) is 0. The van der Waals surface area contributed by atoms with E-state index in [1.54, 1.807) is 12.1 Å². The van der Waals surface area contributed by atoms with Crippen molar-refractivity contribution in [1.29, 1.82) is 0 Å². The number of hydrogen-bond acceptors (Lipinski definition) is 3. The summed E-state index contributed by atoms with van der Waals surface area (Å²) in [5, 5.41) is 0. The highest BCUT2D eigenvalue weighted by atomic mass is 35.5. The molecule has 0 radical (unpaired) electrons. The van der Waals surface area contributed by atoms with Crippen LogP contribution in [0.3, 0.4) is 0 Å². The van der Waals surface area contributed by atoms with Gasteiger partial charge in [-0.05, 0) is 36.3 Å². The highest BCUT2D eigenvalue weighted by Gasteiger charge is 2.10. The highest BCUT2D eigenvalue weighted by molar-refractivity contribution is 5.89. The molecule has 0 aromatic heterocycles. The number of esters is 1. The van der Waals surface area contributed by atoms with Gasteiger partial charge in [0.2, 0.25) is 0 Å². The van der Waals surface area contributed by atoms with Crippen molar-refractivity contribution in [3.05, 3.63) is 71.3 Å². The lowest BCUT2D eigenvalue weighted by molar-refractivity contribution is 0.0471. The molecule has 4 heteroatoms. The number of ether oxygens (including phenoxy) is 1. The molecule has 0 spiro atoms. The van der Waals surface area contributed by atoms with Crippen molar-refractivity contribution in [2.75, 3.05) is 13.1 Å². The van der Waals surface area contributed by atoms with Crippen molar-refractivity contribution >= 4 is 18.4 Å². The normalized spacial score (nSPS) is 10.2. The Morgan fingerprint density at radius 2 is 1.48 bits per heavy atom. The van der Waals surface area contributed by atoms with Crippen LogP contribution >= 0.6 is 12.4 Å². The Morgan fingerprint density at radius 3 is 2.09 bits per heavy atom. The van der Waals surface area contributed by atoms with Crippen molar-refractivity contribution < 1.29 is 9.53 Å². The molecule has 2 aromatic rings. The van der Waals surface area contributed by atoms with Gasteiger partial charge in [0, 0.05) is 6.54 Å². The zero-order chi connectivity index (χ0) is 15.8. The summed E-state index contributed by atoms with van der Waals surface area (Å²) < 4.78 is 5.45. The summed E-state index contributed by atoms with van der Waals surface area (Å²) >= 11 is 0. The number of rotatable bonds is 7. The van der Waals surface area contributed by atoms with Gasteiger partial charge >= 0.3 is 5.97 Å². The van der Waals surface area contributed by atoms with Crippen molar-refractivity contribution in [2.45, 2.75) is 27.0 Å². The van der Waals surface area contributed by atoms with E-state index >= 15 is 0 Å². The molecule has 2 rings (SSSR count). The SMILES string of the molecule is CCN(CC)Cc1ccccc1COC(=O)c1ccccc1.Cl. The second-order valence-electron chi connectivity index (χ2n) is 5.17. The van der Waals surface area contributed by atoms with Crippen LogP contribution in [0.2, 0.25) is 0 Å². The molecule has 3 nitrogen and oxygen atoms in total. The second kappa shape index (κ2) is 10.0. The first-order valence-electron chi connectivity index (χ1n) is 7.75. The Bertz CT molecular complexity index is 597. The second-order valence-corrected chi connectivity index (χ2v) is 5.17. The van der Waals surface area contributed by atoms with Crippen molar-refractivity contribution in [1.82, 2.24) is 4.90 Å². The van der Waals surface area contributed by atoms with E-state index in [0.29, 0.717) is 12.2 Å². The number of nitrogens with zero attached hydrogens (tertiary/aromatic N) is 1. The standard InChI is InChI=1S/C19H23NO2.ClH/c1-3-20(4-2)14-17-12-8-9-13-18(17)15-22-19(21)16-10-6-5-7-11-16;/h5-13H,3-4,14-15H2,1-2H3;1H. The fourth-order valence-electron chi connectivity index (χ4n) is 2.34. The van der Waals surface area contributed by atoms with E-state index < -0.39 is 0 Å². The van der Waals surface area contributed by atoms with Crippen molar-refractivity contribution in [2.24, 2.45) is 0 Å². The molecule has 0 N–H and O–H groups in total. The van der Waals surface area contributed by atoms with Crippen LogP contribution in [0.4, 0.5) is 0 Å². The maximum Gasteiger partial charge on any atom is 0.338 e. The maximum absolute atomic E-state index is 12.0. The summed E-state index contributed by atoms with van der Waals surface area (Å²) in [5.74, 6) is -0.279. The third kappa shape index (κ3) is 5.70. The molecule has 0 amide bonds. The summed E-state index contributed by atoms with van der Waals surface area (Å²) in [6, 6.07) is 17.2. The fourth-order valence-corrected chi connectivity index (χ4v) is 2.34. The molecule has 0 aliphatic heterocycles.